The molecule has 15 heteroatoms. The SMILES string of the molecule is O=C(O)c1cncc(-c2ccccc2CN2CCN(c3ccc(C(=O)N(c4ccc(NCCSc5ccccc5)c([N+](=O)[O-])c4)S(=O)[O-])cc3)CC2)c1. The number of piperazine rings is 1. The Morgan fingerprint density at radius 2 is 1.62 bits per heavy atom. The lowest BCUT2D eigenvalue weighted by Gasteiger charge is -2.36. The van der Waals surface area contributed by atoms with Gasteiger partial charge in [0.2, 0.25) is 0 Å². The Kier molecular flexibility index (Phi) is 12.1. The molecule has 2 N–H and O–H groups in total. The first-order chi connectivity index (χ1) is 25.7. The summed E-state index contributed by atoms with van der Waals surface area (Å²) in [5.41, 5.74) is 3.55. The molecule has 1 fully saturated rings. The number of benzene rings is 4. The number of nitro groups is 1. The molecule has 6 rings (SSSR count). The van der Waals surface area contributed by atoms with Gasteiger partial charge in [-0.2, -0.15) is 0 Å². The number of carbonyl (C=O) groups is 2. The predicted molar refractivity (Wildman–Crippen MR) is 205 cm³/mol. The quantitative estimate of drug-likeness (QED) is 0.0426. The third-order valence-corrected chi connectivity index (χ3v) is 10.4. The number of carboxylic acids is 1. The second-order valence-electron chi connectivity index (χ2n) is 12.1. The zero-order valence-electron chi connectivity index (χ0n) is 28.4. The van der Waals surface area contributed by atoms with Crippen LogP contribution in [-0.2, 0) is 17.8 Å². The van der Waals surface area contributed by atoms with E-state index in [0.717, 1.165) is 46.4 Å². The molecule has 1 aliphatic heterocycles. The fourth-order valence-electron chi connectivity index (χ4n) is 6.07. The summed E-state index contributed by atoms with van der Waals surface area (Å²) in [5, 5.41) is 24.4. The van der Waals surface area contributed by atoms with E-state index in [9.17, 15) is 33.6 Å². The second kappa shape index (κ2) is 17.3. The van der Waals surface area contributed by atoms with Crippen molar-refractivity contribution < 1.29 is 28.4 Å². The van der Waals surface area contributed by atoms with E-state index in [1.807, 2.05) is 54.6 Å². The van der Waals surface area contributed by atoms with Crippen LogP contribution in [0.4, 0.5) is 22.7 Å². The molecule has 5 aromatic rings. The molecular formula is C38H35N6O7S2-. The van der Waals surface area contributed by atoms with E-state index in [2.05, 4.69) is 20.1 Å². The first-order valence-electron chi connectivity index (χ1n) is 16.7. The van der Waals surface area contributed by atoms with Crippen LogP contribution in [0.2, 0.25) is 0 Å². The second-order valence-corrected chi connectivity index (χ2v) is 14.1. The molecule has 272 valence electrons. The van der Waals surface area contributed by atoms with Gasteiger partial charge in [0.15, 0.2) is 0 Å². The van der Waals surface area contributed by atoms with Crippen molar-refractivity contribution in [2.45, 2.75) is 11.4 Å². The maximum absolute atomic E-state index is 13.5. The highest BCUT2D eigenvalue weighted by Gasteiger charge is 2.24. The zero-order valence-corrected chi connectivity index (χ0v) is 30.0. The topological polar surface area (TPSA) is 172 Å². The standard InChI is InChI=1S/C38H36N6O7S2/c45-37(43(53(50)51)32-14-15-35(36(23-32)44(48)49)40-16-21-52-33-7-2-1-3-8-33)27-10-12-31(13-11-27)42-19-17-41(18-20-42)26-28-6-4-5-9-34(28)29-22-30(38(46)47)25-39-24-29/h1-15,22-25,40H,16-21,26H2,(H,46,47)(H,50,51)/p-1. The average Bonchev–Trinajstić information content (AvgIpc) is 3.17. The number of rotatable bonds is 14. The van der Waals surface area contributed by atoms with E-state index in [1.54, 1.807) is 48.3 Å². The molecule has 1 atom stereocenters. The summed E-state index contributed by atoms with van der Waals surface area (Å²) < 4.78 is 25.2. The molecule has 0 saturated carbocycles. The van der Waals surface area contributed by atoms with Gasteiger partial charge in [0, 0.05) is 85.2 Å². The summed E-state index contributed by atoms with van der Waals surface area (Å²) in [6, 6.07) is 29.7. The van der Waals surface area contributed by atoms with Gasteiger partial charge in [-0.3, -0.25) is 29.0 Å². The predicted octanol–water partition coefficient (Wildman–Crippen LogP) is 6.32. The summed E-state index contributed by atoms with van der Waals surface area (Å²) in [5.74, 6) is -1.23. The molecule has 1 amide bonds. The maximum atomic E-state index is 13.5. The van der Waals surface area contributed by atoms with Gasteiger partial charge in [-0.1, -0.05) is 42.5 Å². The van der Waals surface area contributed by atoms with Gasteiger partial charge in [0.25, 0.3) is 11.6 Å². The molecular weight excluding hydrogens is 717 g/mol. The van der Waals surface area contributed by atoms with Gasteiger partial charge in [0.1, 0.15) is 5.69 Å². The largest absolute Gasteiger partial charge is 0.755 e. The molecule has 2 heterocycles. The molecule has 1 aromatic heterocycles. The fourth-order valence-corrected chi connectivity index (χ4v) is 7.39. The molecule has 13 nitrogen and oxygen atoms in total. The van der Waals surface area contributed by atoms with Crippen LogP contribution in [0, 0.1) is 10.1 Å². The van der Waals surface area contributed by atoms with Crippen LogP contribution in [0.25, 0.3) is 11.1 Å². The van der Waals surface area contributed by atoms with Crippen LogP contribution in [0.15, 0.2) is 120 Å². The first-order valence-corrected chi connectivity index (χ1v) is 18.7. The number of aromatic nitrogens is 1. The van der Waals surface area contributed by atoms with Gasteiger partial charge in [-0.05, 0) is 65.7 Å². The lowest BCUT2D eigenvalue weighted by Crippen LogP contribution is -2.46. The van der Waals surface area contributed by atoms with Crippen LogP contribution in [0.1, 0.15) is 26.3 Å². The van der Waals surface area contributed by atoms with Crippen LogP contribution in [0.3, 0.4) is 0 Å². The lowest BCUT2D eigenvalue weighted by molar-refractivity contribution is -0.383. The van der Waals surface area contributed by atoms with E-state index in [-0.39, 0.29) is 28.2 Å². The summed E-state index contributed by atoms with van der Waals surface area (Å²) >= 11 is -1.46. The molecule has 0 bridgehead atoms. The van der Waals surface area contributed by atoms with Crippen molar-refractivity contribution in [3.05, 3.63) is 142 Å². The van der Waals surface area contributed by atoms with E-state index in [0.29, 0.717) is 36.2 Å². The van der Waals surface area contributed by atoms with Gasteiger partial charge in [-0.25, -0.2) is 9.10 Å². The Labute approximate surface area is 312 Å². The molecule has 53 heavy (non-hydrogen) atoms. The summed E-state index contributed by atoms with van der Waals surface area (Å²) in [6.45, 7) is 4.00. The smallest absolute Gasteiger partial charge is 0.337 e. The number of thioether (sulfide) groups is 1. The molecule has 0 spiro atoms. The molecule has 0 aliphatic carbocycles. The summed E-state index contributed by atoms with van der Waals surface area (Å²) in [7, 11) is 0. The fraction of sp³-hybridized carbons (Fsp3) is 0.184. The van der Waals surface area contributed by atoms with Crippen molar-refractivity contribution in [3.8, 4) is 11.1 Å². The van der Waals surface area contributed by atoms with Crippen LogP contribution in [-0.4, -0.2) is 79.0 Å². The van der Waals surface area contributed by atoms with Gasteiger partial charge in [0.05, 0.1) is 27.4 Å². The number of hydrogen-bond acceptors (Lipinski definition) is 11. The zero-order chi connectivity index (χ0) is 37.3. The van der Waals surface area contributed by atoms with Crippen LogP contribution >= 0.6 is 11.8 Å². The molecule has 1 aliphatic rings. The highest BCUT2D eigenvalue weighted by molar-refractivity contribution is 7.99. The number of carboxylic acid groups (broad SMARTS) is 1. The van der Waals surface area contributed by atoms with Gasteiger partial charge < -0.3 is 19.9 Å². The number of carbonyl (C=O) groups excluding carboxylic acids is 1. The van der Waals surface area contributed by atoms with Crippen molar-refractivity contribution in [2.24, 2.45) is 0 Å². The molecule has 4 aromatic carbocycles. The normalized spacial score (nSPS) is 13.6. The van der Waals surface area contributed by atoms with E-state index < -0.39 is 28.1 Å². The van der Waals surface area contributed by atoms with E-state index in [1.165, 1.54) is 18.3 Å². The van der Waals surface area contributed by atoms with Gasteiger partial charge in [-0.15, -0.1) is 11.8 Å². The number of hydrogen-bond donors (Lipinski definition) is 2. The van der Waals surface area contributed by atoms with E-state index in [4.69, 9.17) is 0 Å². The Morgan fingerprint density at radius 3 is 2.32 bits per heavy atom. The monoisotopic (exact) mass is 751 g/mol. The highest BCUT2D eigenvalue weighted by Crippen LogP contribution is 2.32. The maximum Gasteiger partial charge on any atom is 0.337 e. The number of aromatic carboxylic acids is 1. The minimum atomic E-state index is -3.05. The summed E-state index contributed by atoms with van der Waals surface area (Å²) in [6.07, 6.45) is 2.99. The first kappa shape index (κ1) is 37.2. The lowest BCUT2D eigenvalue weighted by atomic mass is 9.99. The average molecular weight is 752 g/mol. The number of nitrogens with zero attached hydrogens (tertiary/aromatic N) is 5. The Morgan fingerprint density at radius 1 is 0.906 bits per heavy atom. The Balaban J connectivity index is 1.08. The minimum Gasteiger partial charge on any atom is -0.755 e. The third-order valence-electron chi connectivity index (χ3n) is 8.73. The van der Waals surface area contributed by atoms with Crippen molar-refractivity contribution in [1.82, 2.24) is 9.88 Å². The Hall–Kier alpha value is -5.61. The van der Waals surface area contributed by atoms with Crippen LogP contribution in [0.5, 0.6) is 0 Å². The van der Waals surface area contributed by atoms with Crippen molar-refractivity contribution in [3.63, 3.8) is 0 Å². The number of pyridine rings is 1. The minimum absolute atomic E-state index is 0.109. The van der Waals surface area contributed by atoms with Crippen LogP contribution < -0.4 is 14.5 Å². The van der Waals surface area contributed by atoms with Crippen molar-refractivity contribution in [1.29, 1.82) is 0 Å². The van der Waals surface area contributed by atoms with E-state index >= 15 is 0 Å². The summed E-state index contributed by atoms with van der Waals surface area (Å²) in [4.78, 5) is 46.0. The molecule has 1 saturated heterocycles. The highest BCUT2D eigenvalue weighted by atomic mass is 32.2. The number of nitro benzene ring substituents is 1. The number of amides is 1. The third kappa shape index (κ3) is 9.25. The Bertz CT molecular complexity index is 2110. The number of anilines is 3. The molecule has 1 unspecified atom stereocenters. The van der Waals surface area contributed by atoms with Crippen molar-refractivity contribution in [2.75, 3.05) is 53.0 Å². The van der Waals surface area contributed by atoms with Gasteiger partial charge >= 0.3 is 5.97 Å². The number of nitrogens with one attached hydrogen (secondary N) is 1. The molecule has 0 radical (unpaired) electrons. The van der Waals surface area contributed by atoms with Crippen molar-refractivity contribution >= 4 is 57.7 Å².